The van der Waals surface area contributed by atoms with Gasteiger partial charge in [-0.1, -0.05) is 0 Å². The molecule has 1 aromatic heterocycles. The number of nitrogens with zero attached hydrogens (tertiary/aromatic N) is 1. The summed E-state index contributed by atoms with van der Waals surface area (Å²) in [5.41, 5.74) is 0.308. The van der Waals surface area contributed by atoms with Crippen LogP contribution in [0.5, 0.6) is 0 Å². The van der Waals surface area contributed by atoms with Crippen LogP contribution < -0.4 is 4.72 Å². The van der Waals surface area contributed by atoms with Crippen molar-refractivity contribution < 1.29 is 22.4 Å². The molecule has 0 aliphatic carbocycles. The maximum atomic E-state index is 12.7. The minimum Gasteiger partial charge on any atom is -0.468 e. The molecule has 0 radical (unpaired) electrons. The first kappa shape index (κ1) is 18.1. The topological polar surface area (TPSA) is 88.8 Å². The van der Waals surface area contributed by atoms with Crippen LogP contribution in [0.1, 0.15) is 16.1 Å². The monoisotopic (exact) mass is 428 g/mol. The van der Waals surface area contributed by atoms with Crippen molar-refractivity contribution in [2.45, 2.75) is 11.4 Å². The Morgan fingerprint density at radius 1 is 1.24 bits per heavy atom. The van der Waals surface area contributed by atoms with Crippen molar-refractivity contribution in [1.29, 1.82) is 0 Å². The van der Waals surface area contributed by atoms with Crippen molar-refractivity contribution in [1.82, 2.24) is 9.62 Å². The predicted octanol–water partition coefficient (Wildman–Crippen LogP) is 1.99. The summed E-state index contributed by atoms with van der Waals surface area (Å²) in [7, 11) is -3.77. The molecule has 1 saturated heterocycles. The maximum Gasteiger partial charge on any atom is 0.255 e. The van der Waals surface area contributed by atoms with Crippen molar-refractivity contribution in [3.63, 3.8) is 0 Å². The van der Waals surface area contributed by atoms with Crippen molar-refractivity contribution in [3.8, 4) is 0 Å². The van der Waals surface area contributed by atoms with Crippen LogP contribution in [0, 0.1) is 0 Å². The average Bonchev–Trinajstić information content (AvgIpc) is 3.14. The molecule has 1 fully saturated rings. The van der Waals surface area contributed by atoms with Gasteiger partial charge in [0.2, 0.25) is 10.0 Å². The lowest BCUT2D eigenvalue weighted by atomic mass is 10.2. The van der Waals surface area contributed by atoms with Gasteiger partial charge in [-0.15, -0.1) is 0 Å². The van der Waals surface area contributed by atoms with Gasteiger partial charge in [0.15, 0.2) is 0 Å². The highest BCUT2D eigenvalue weighted by atomic mass is 79.9. The third-order valence-corrected chi connectivity index (χ3v) is 5.88. The van der Waals surface area contributed by atoms with Crippen molar-refractivity contribution in [2.75, 3.05) is 26.3 Å². The molecule has 0 atom stereocenters. The van der Waals surface area contributed by atoms with E-state index in [4.69, 9.17) is 9.15 Å². The minimum absolute atomic E-state index is 0.0267. The van der Waals surface area contributed by atoms with Gasteiger partial charge in [-0.3, -0.25) is 4.79 Å². The molecule has 0 saturated carbocycles. The van der Waals surface area contributed by atoms with E-state index in [0.29, 0.717) is 42.1 Å². The lowest BCUT2D eigenvalue weighted by molar-refractivity contribution is 0.0302. The largest absolute Gasteiger partial charge is 0.468 e. The second kappa shape index (κ2) is 7.69. The van der Waals surface area contributed by atoms with Gasteiger partial charge in [0.05, 0.1) is 36.5 Å². The van der Waals surface area contributed by atoms with Gasteiger partial charge in [-0.05, 0) is 46.3 Å². The average molecular weight is 429 g/mol. The van der Waals surface area contributed by atoms with E-state index in [0.717, 1.165) is 0 Å². The Morgan fingerprint density at radius 2 is 2.00 bits per heavy atom. The number of hydrogen-bond acceptors (Lipinski definition) is 5. The van der Waals surface area contributed by atoms with Crippen LogP contribution in [-0.4, -0.2) is 45.5 Å². The van der Waals surface area contributed by atoms with Gasteiger partial charge < -0.3 is 14.1 Å². The van der Waals surface area contributed by atoms with Crippen LogP contribution in [0.2, 0.25) is 0 Å². The summed E-state index contributed by atoms with van der Waals surface area (Å²) >= 11 is 3.33. The zero-order chi connectivity index (χ0) is 17.9. The van der Waals surface area contributed by atoms with E-state index in [-0.39, 0.29) is 17.3 Å². The number of hydrogen-bond donors (Lipinski definition) is 1. The molecule has 25 heavy (non-hydrogen) atoms. The first-order valence-corrected chi connectivity index (χ1v) is 9.93. The van der Waals surface area contributed by atoms with Crippen LogP contribution in [0.15, 0.2) is 50.4 Å². The number of rotatable bonds is 5. The summed E-state index contributed by atoms with van der Waals surface area (Å²) in [5.74, 6) is 0.281. The van der Waals surface area contributed by atoms with Crippen LogP contribution in [0.3, 0.4) is 0 Å². The Balaban J connectivity index is 1.81. The lowest BCUT2D eigenvalue weighted by Crippen LogP contribution is -2.40. The number of morpholine rings is 1. The van der Waals surface area contributed by atoms with Crippen molar-refractivity contribution in [3.05, 3.63) is 52.4 Å². The van der Waals surface area contributed by atoms with E-state index in [1.165, 1.54) is 18.4 Å². The highest BCUT2D eigenvalue weighted by Gasteiger charge is 2.23. The molecule has 2 heterocycles. The van der Waals surface area contributed by atoms with Crippen molar-refractivity contribution in [2.24, 2.45) is 0 Å². The molecule has 0 bridgehead atoms. The highest BCUT2D eigenvalue weighted by Crippen LogP contribution is 2.23. The molecule has 1 aromatic carbocycles. The lowest BCUT2D eigenvalue weighted by Gasteiger charge is -2.27. The molecule has 7 nitrogen and oxygen atoms in total. The second-order valence-electron chi connectivity index (χ2n) is 5.45. The SMILES string of the molecule is O=C(c1cc(S(=O)(=O)NCc2ccco2)ccc1Br)N1CCOCC1. The Labute approximate surface area is 154 Å². The van der Waals surface area contributed by atoms with Crippen molar-refractivity contribution >= 4 is 31.9 Å². The highest BCUT2D eigenvalue weighted by molar-refractivity contribution is 9.10. The van der Waals surface area contributed by atoms with E-state index in [1.807, 2.05) is 0 Å². The molecule has 1 amide bonds. The van der Waals surface area contributed by atoms with E-state index in [1.54, 1.807) is 23.1 Å². The number of amides is 1. The first-order valence-electron chi connectivity index (χ1n) is 7.66. The quantitative estimate of drug-likeness (QED) is 0.786. The standard InChI is InChI=1S/C16H17BrN2O5S/c17-15-4-3-13(25(21,22)18-11-12-2-1-7-24-12)10-14(15)16(20)19-5-8-23-9-6-19/h1-4,7,10,18H,5-6,8-9,11H2. The zero-order valence-electron chi connectivity index (χ0n) is 13.3. The zero-order valence-corrected chi connectivity index (χ0v) is 15.7. The van der Waals surface area contributed by atoms with Crippen LogP contribution in [0.25, 0.3) is 0 Å². The van der Waals surface area contributed by atoms with E-state index >= 15 is 0 Å². The Bertz CT molecular complexity index is 845. The molecule has 0 unspecified atom stereocenters. The summed E-state index contributed by atoms with van der Waals surface area (Å²) in [6.45, 7) is 1.97. The maximum absolute atomic E-state index is 12.7. The summed E-state index contributed by atoms with van der Waals surface area (Å²) < 4.78 is 38.3. The van der Waals surface area contributed by atoms with E-state index < -0.39 is 10.0 Å². The fourth-order valence-electron chi connectivity index (χ4n) is 2.43. The van der Waals surface area contributed by atoms with E-state index in [9.17, 15) is 13.2 Å². The van der Waals surface area contributed by atoms with E-state index in [2.05, 4.69) is 20.7 Å². The molecule has 2 aromatic rings. The molecule has 134 valence electrons. The number of benzene rings is 1. The smallest absolute Gasteiger partial charge is 0.255 e. The third-order valence-electron chi connectivity index (χ3n) is 3.79. The number of nitrogens with one attached hydrogen (secondary N) is 1. The fourth-order valence-corrected chi connectivity index (χ4v) is 3.87. The number of carbonyl (C=O) groups is 1. The number of sulfonamides is 1. The summed E-state index contributed by atoms with van der Waals surface area (Å²) in [6, 6.07) is 7.76. The van der Waals surface area contributed by atoms with Crippen LogP contribution in [0.4, 0.5) is 0 Å². The summed E-state index contributed by atoms with van der Waals surface area (Å²) in [6.07, 6.45) is 1.47. The molecule has 0 spiro atoms. The molecular formula is C16H17BrN2O5S. The van der Waals surface area contributed by atoms with Gasteiger partial charge in [0.1, 0.15) is 5.76 Å². The molecular weight excluding hydrogens is 412 g/mol. The third kappa shape index (κ3) is 4.30. The molecule has 3 rings (SSSR count). The number of halogens is 1. The van der Waals surface area contributed by atoms with Gasteiger partial charge in [-0.2, -0.15) is 0 Å². The fraction of sp³-hybridized carbons (Fsp3) is 0.312. The number of ether oxygens (including phenoxy) is 1. The molecule has 1 aliphatic heterocycles. The van der Waals surface area contributed by atoms with Gasteiger partial charge in [-0.25, -0.2) is 13.1 Å². The Hall–Kier alpha value is -1.68. The molecule has 9 heteroatoms. The number of carbonyl (C=O) groups excluding carboxylic acids is 1. The Morgan fingerprint density at radius 3 is 2.68 bits per heavy atom. The predicted molar refractivity (Wildman–Crippen MR) is 93.6 cm³/mol. The molecule has 1 aliphatic rings. The minimum atomic E-state index is -3.77. The summed E-state index contributed by atoms with van der Waals surface area (Å²) in [4.78, 5) is 14.3. The summed E-state index contributed by atoms with van der Waals surface area (Å²) in [5, 5.41) is 0. The van der Waals surface area contributed by atoms with Gasteiger partial charge in [0.25, 0.3) is 5.91 Å². The van der Waals surface area contributed by atoms with Gasteiger partial charge >= 0.3 is 0 Å². The second-order valence-corrected chi connectivity index (χ2v) is 8.07. The normalized spacial score (nSPS) is 15.3. The Kier molecular flexibility index (Phi) is 5.57. The van der Waals surface area contributed by atoms with Crippen LogP contribution >= 0.6 is 15.9 Å². The van der Waals surface area contributed by atoms with Crippen LogP contribution in [-0.2, 0) is 21.3 Å². The van der Waals surface area contributed by atoms with Gasteiger partial charge in [0, 0.05) is 17.6 Å². The number of furan rings is 1. The molecule has 1 N–H and O–H groups in total. The first-order chi connectivity index (χ1) is 12.0.